The predicted molar refractivity (Wildman–Crippen MR) is 109 cm³/mol. The third-order valence-corrected chi connectivity index (χ3v) is 4.49. The number of benzene rings is 1. The number of H-pyrrole nitrogens is 2. The van der Waals surface area contributed by atoms with Crippen molar-refractivity contribution in [3.05, 3.63) is 67.5 Å². The van der Waals surface area contributed by atoms with E-state index in [4.69, 9.17) is 4.74 Å². The highest BCUT2D eigenvalue weighted by atomic mass is 16.5. The summed E-state index contributed by atoms with van der Waals surface area (Å²) in [5, 5.41) is 2.73. The van der Waals surface area contributed by atoms with E-state index in [2.05, 4.69) is 15.3 Å². The maximum absolute atomic E-state index is 12.2. The Morgan fingerprint density at radius 1 is 1.03 bits per heavy atom. The zero-order valence-electron chi connectivity index (χ0n) is 17.0. The van der Waals surface area contributed by atoms with E-state index in [-0.39, 0.29) is 31.1 Å². The number of aryl methyl sites for hydroxylation is 2. The van der Waals surface area contributed by atoms with Crippen LogP contribution in [0, 0.1) is 6.92 Å². The monoisotopic (exact) mass is 415 g/mol. The minimum absolute atomic E-state index is 0.0638. The quantitative estimate of drug-likeness (QED) is 0.298. The Bertz CT molecular complexity index is 1020. The van der Waals surface area contributed by atoms with Crippen LogP contribution in [-0.4, -0.2) is 40.8 Å². The van der Waals surface area contributed by atoms with Gasteiger partial charge in [0.15, 0.2) is 12.4 Å². The van der Waals surface area contributed by atoms with Crippen molar-refractivity contribution < 1.29 is 19.1 Å². The molecule has 0 radical (unpaired) electrons. The van der Waals surface area contributed by atoms with Crippen LogP contribution in [0.15, 0.2) is 33.9 Å². The number of nitrogens with one attached hydrogen (secondary N) is 3. The number of aromatic amines is 2. The number of Topliss-reactive ketones (excluding diaryl/α,β-unsaturated/α-hetero) is 1. The molecule has 0 bridgehead atoms. The Morgan fingerprint density at radius 3 is 2.37 bits per heavy atom. The molecular formula is C21H25N3O6. The molecule has 9 nitrogen and oxygen atoms in total. The van der Waals surface area contributed by atoms with Gasteiger partial charge in [-0.2, -0.15) is 0 Å². The third-order valence-electron chi connectivity index (χ3n) is 4.49. The second-order valence-electron chi connectivity index (χ2n) is 6.88. The van der Waals surface area contributed by atoms with Crippen LogP contribution >= 0.6 is 0 Å². The fourth-order valence-electron chi connectivity index (χ4n) is 2.87. The van der Waals surface area contributed by atoms with Gasteiger partial charge in [0, 0.05) is 36.7 Å². The summed E-state index contributed by atoms with van der Waals surface area (Å²) in [7, 11) is 0. The number of rotatable bonds is 10. The first kappa shape index (κ1) is 22.8. The molecule has 0 aliphatic rings. The molecule has 1 heterocycles. The van der Waals surface area contributed by atoms with E-state index in [0.29, 0.717) is 23.4 Å². The molecule has 1 amide bonds. The molecule has 0 spiro atoms. The Hall–Kier alpha value is -3.49. The smallest absolute Gasteiger partial charge is 0.325 e. The number of aromatic nitrogens is 2. The summed E-state index contributed by atoms with van der Waals surface area (Å²) in [6.07, 6.45) is 1.57. The van der Waals surface area contributed by atoms with E-state index in [1.165, 1.54) is 6.92 Å². The highest BCUT2D eigenvalue weighted by Crippen LogP contribution is 2.08. The zero-order chi connectivity index (χ0) is 22.1. The van der Waals surface area contributed by atoms with Crippen LogP contribution in [-0.2, 0) is 27.2 Å². The van der Waals surface area contributed by atoms with Crippen LogP contribution in [0.5, 0.6) is 0 Å². The van der Waals surface area contributed by atoms with Crippen molar-refractivity contribution in [2.45, 2.75) is 39.5 Å². The van der Waals surface area contributed by atoms with Crippen molar-refractivity contribution in [1.82, 2.24) is 15.3 Å². The summed E-state index contributed by atoms with van der Waals surface area (Å²) in [6.45, 7) is 3.25. The SMILES string of the molecule is CC(=O)NCCCc1ccc(C(=O)COC(=O)CCc2c(C)[nH]c(=O)[nH]c2=O)cc1. The summed E-state index contributed by atoms with van der Waals surface area (Å²) in [6, 6.07) is 7.00. The first-order chi connectivity index (χ1) is 14.3. The highest BCUT2D eigenvalue weighted by molar-refractivity contribution is 5.97. The van der Waals surface area contributed by atoms with Crippen molar-refractivity contribution in [1.29, 1.82) is 0 Å². The lowest BCUT2D eigenvalue weighted by Crippen LogP contribution is -2.27. The van der Waals surface area contributed by atoms with Crippen molar-refractivity contribution in [3.8, 4) is 0 Å². The maximum atomic E-state index is 12.2. The van der Waals surface area contributed by atoms with Gasteiger partial charge in [-0.15, -0.1) is 0 Å². The lowest BCUT2D eigenvalue weighted by molar-refractivity contribution is -0.142. The average molecular weight is 415 g/mol. The van der Waals surface area contributed by atoms with Gasteiger partial charge in [0.1, 0.15) is 0 Å². The van der Waals surface area contributed by atoms with Crippen molar-refractivity contribution >= 4 is 17.7 Å². The standard InChI is InChI=1S/C21H25N3O6/c1-13-17(20(28)24-21(29)23-13)9-10-19(27)30-12-18(26)16-7-5-15(6-8-16)4-3-11-22-14(2)25/h5-8H,3-4,9-12H2,1-2H3,(H,22,25)(H2,23,24,28,29). The van der Waals surface area contributed by atoms with Gasteiger partial charge < -0.3 is 15.0 Å². The Morgan fingerprint density at radius 2 is 1.73 bits per heavy atom. The van der Waals surface area contributed by atoms with Gasteiger partial charge in [0.05, 0.1) is 0 Å². The average Bonchev–Trinajstić information content (AvgIpc) is 2.69. The largest absolute Gasteiger partial charge is 0.457 e. The first-order valence-corrected chi connectivity index (χ1v) is 9.60. The number of carbonyl (C=O) groups excluding carboxylic acids is 3. The summed E-state index contributed by atoms with van der Waals surface area (Å²) in [5.41, 5.74) is 1.01. The van der Waals surface area contributed by atoms with E-state index in [9.17, 15) is 24.0 Å². The van der Waals surface area contributed by atoms with E-state index in [0.717, 1.165) is 18.4 Å². The van der Waals surface area contributed by atoms with Crippen LogP contribution < -0.4 is 16.6 Å². The minimum Gasteiger partial charge on any atom is -0.457 e. The molecule has 0 unspecified atom stereocenters. The molecule has 0 aliphatic carbocycles. The topological polar surface area (TPSA) is 138 Å². The van der Waals surface area contributed by atoms with Crippen molar-refractivity contribution in [2.75, 3.05) is 13.2 Å². The summed E-state index contributed by atoms with van der Waals surface area (Å²) < 4.78 is 5.00. The third kappa shape index (κ3) is 7.16. The van der Waals surface area contributed by atoms with Crippen LogP contribution in [0.3, 0.4) is 0 Å². The normalized spacial score (nSPS) is 10.5. The Labute approximate surface area is 172 Å². The van der Waals surface area contributed by atoms with Crippen LogP contribution in [0.1, 0.15) is 46.9 Å². The zero-order valence-corrected chi connectivity index (χ0v) is 17.0. The molecule has 2 rings (SSSR count). The molecular weight excluding hydrogens is 390 g/mol. The summed E-state index contributed by atoms with van der Waals surface area (Å²) in [5.74, 6) is -1.000. The van der Waals surface area contributed by atoms with Gasteiger partial charge in [-0.25, -0.2) is 4.79 Å². The van der Waals surface area contributed by atoms with Gasteiger partial charge >= 0.3 is 11.7 Å². The molecule has 160 valence electrons. The lowest BCUT2D eigenvalue weighted by atomic mass is 10.1. The van der Waals surface area contributed by atoms with Gasteiger partial charge in [-0.3, -0.25) is 24.2 Å². The fraction of sp³-hybridized carbons (Fsp3) is 0.381. The molecule has 30 heavy (non-hydrogen) atoms. The molecule has 0 saturated heterocycles. The van der Waals surface area contributed by atoms with Gasteiger partial charge in [-0.05, 0) is 31.7 Å². The summed E-state index contributed by atoms with van der Waals surface area (Å²) >= 11 is 0. The maximum Gasteiger partial charge on any atom is 0.325 e. The van der Waals surface area contributed by atoms with Gasteiger partial charge in [-0.1, -0.05) is 24.3 Å². The second-order valence-corrected chi connectivity index (χ2v) is 6.88. The number of carbonyl (C=O) groups is 3. The number of ether oxygens (including phenoxy) is 1. The second kappa shape index (κ2) is 10.9. The van der Waals surface area contributed by atoms with E-state index in [1.807, 2.05) is 12.1 Å². The number of ketones is 1. The number of hydrogen-bond acceptors (Lipinski definition) is 6. The van der Waals surface area contributed by atoms with Crippen LogP contribution in [0.2, 0.25) is 0 Å². The molecule has 0 fully saturated rings. The van der Waals surface area contributed by atoms with Crippen LogP contribution in [0.4, 0.5) is 0 Å². The van der Waals surface area contributed by atoms with Gasteiger partial charge in [0.25, 0.3) is 5.56 Å². The lowest BCUT2D eigenvalue weighted by Gasteiger charge is -2.07. The molecule has 9 heteroatoms. The van der Waals surface area contributed by atoms with Crippen molar-refractivity contribution in [3.63, 3.8) is 0 Å². The molecule has 1 aromatic carbocycles. The molecule has 0 saturated carbocycles. The Balaban J connectivity index is 1.78. The minimum atomic E-state index is -0.608. The van der Waals surface area contributed by atoms with Gasteiger partial charge in [0.2, 0.25) is 5.91 Å². The van der Waals surface area contributed by atoms with Crippen LogP contribution in [0.25, 0.3) is 0 Å². The molecule has 3 N–H and O–H groups in total. The predicted octanol–water partition coefficient (Wildman–Crippen LogP) is 0.799. The molecule has 0 atom stereocenters. The number of amides is 1. The molecule has 2 aromatic rings. The highest BCUT2D eigenvalue weighted by Gasteiger charge is 2.13. The first-order valence-electron chi connectivity index (χ1n) is 9.60. The fourth-order valence-corrected chi connectivity index (χ4v) is 2.87. The van der Waals surface area contributed by atoms with E-state index < -0.39 is 17.2 Å². The van der Waals surface area contributed by atoms with E-state index in [1.54, 1.807) is 19.1 Å². The molecule has 1 aromatic heterocycles. The van der Waals surface area contributed by atoms with E-state index >= 15 is 0 Å². The number of hydrogen-bond donors (Lipinski definition) is 3. The molecule has 0 aliphatic heterocycles. The Kier molecular flexibility index (Phi) is 8.28. The number of esters is 1. The van der Waals surface area contributed by atoms with Crippen molar-refractivity contribution in [2.24, 2.45) is 0 Å². The summed E-state index contributed by atoms with van der Waals surface area (Å²) in [4.78, 5) is 62.4.